The number of carbonyl (C=O) groups excluding carboxylic acids is 1. The summed E-state index contributed by atoms with van der Waals surface area (Å²) in [6.45, 7) is 0.902. The zero-order valence-electron chi connectivity index (χ0n) is 12.3. The van der Waals surface area contributed by atoms with Crippen LogP contribution in [-0.2, 0) is 11.3 Å². The molecule has 0 heterocycles. The molecule has 112 valence electrons. The topological polar surface area (TPSA) is 50.8 Å². The van der Waals surface area contributed by atoms with Gasteiger partial charge in [0.1, 0.15) is 0 Å². The van der Waals surface area contributed by atoms with Gasteiger partial charge in [0.05, 0.1) is 20.1 Å². The molecule has 0 bridgehead atoms. The van der Waals surface area contributed by atoms with Crippen LogP contribution in [0.25, 0.3) is 0 Å². The van der Waals surface area contributed by atoms with Gasteiger partial charge in [-0.25, -0.2) is 0 Å². The molecule has 0 spiro atoms. The lowest BCUT2D eigenvalue weighted by Crippen LogP contribution is -2.23. The maximum absolute atomic E-state index is 11.5. The SMILES string of the molecule is CNCc1cc(Cl)cc(OC)c1OCCC(=O)N(C)C. The van der Waals surface area contributed by atoms with Crippen molar-refractivity contribution >= 4 is 17.5 Å². The van der Waals surface area contributed by atoms with E-state index in [4.69, 9.17) is 21.1 Å². The smallest absolute Gasteiger partial charge is 0.225 e. The third-order valence-corrected chi connectivity index (χ3v) is 2.96. The second kappa shape index (κ2) is 7.97. The molecular weight excluding hydrogens is 280 g/mol. The van der Waals surface area contributed by atoms with Crippen LogP contribution >= 0.6 is 11.6 Å². The summed E-state index contributed by atoms with van der Waals surface area (Å²) in [4.78, 5) is 13.1. The van der Waals surface area contributed by atoms with Crippen LogP contribution in [0.4, 0.5) is 0 Å². The summed E-state index contributed by atoms with van der Waals surface area (Å²) < 4.78 is 11.0. The van der Waals surface area contributed by atoms with Crippen LogP contribution in [0.2, 0.25) is 5.02 Å². The van der Waals surface area contributed by atoms with Crippen molar-refractivity contribution in [2.24, 2.45) is 0 Å². The fourth-order valence-corrected chi connectivity index (χ4v) is 1.95. The van der Waals surface area contributed by atoms with Crippen molar-refractivity contribution in [3.63, 3.8) is 0 Å². The number of hydrogen-bond acceptors (Lipinski definition) is 4. The molecule has 1 aromatic carbocycles. The molecule has 6 heteroatoms. The molecular formula is C14H21ClN2O3. The first kappa shape index (κ1) is 16.6. The lowest BCUT2D eigenvalue weighted by molar-refractivity contribution is -0.129. The van der Waals surface area contributed by atoms with E-state index in [9.17, 15) is 4.79 Å². The molecule has 0 aliphatic carbocycles. The van der Waals surface area contributed by atoms with Crippen LogP contribution in [0.3, 0.4) is 0 Å². The maximum atomic E-state index is 11.5. The molecule has 0 unspecified atom stereocenters. The summed E-state index contributed by atoms with van der Waals surface area (Å²) in [5.74, 6) is 1.21. The number of amides is 1. The Morgan fingerprint density at radius 1 is 1.40 bits per heavy atom. The predicted octanol–water partition coefficient (Wildman–Crippen LogP) is 1.93. The Labute approximate surface area is 124 Å². The number of rotatable bonds is 7. The fraction of sp³-hybridized carbons (Fsp3) is 0.500. The van der Waals surface area contributed by atoms with Gasteiger partial charge in [0.15, 0.2) is 11.5 Å². The number of methoxy groups -OCH3 is 1. The molecule has 1 rings (SSSR count). The van der Waals surface area contributed by atoms with E-state index in [0.717, 1.165) is 5.56 Å². The Bertz CT molecular complexity index is 464. The molecule has 1 N–H and O–H groups in total. The Hall–Kier alpha value is -1.46. The summed E-state index contributed by atoms with van der Waals surface area (Å²) in [6.07, 6.45) is 0.317. The first-order chi connectivity index (χ1) is 9.49. The van der Waals surface area contributed by atoms with Gasteiger partial charge in [-0.2, -0.15) is 0 Å². The number of benzene rings is 1. The van der Waals surface area contributed by atoms with Crippen LogP contribution in [0.15, 0.2) is 12.1 Å². The minimum atomic E-state index is 0.0214. The van der Waals surface area contributed by atoms with E-state index in [-0.39, 0.29) is 5.91 Å². The van der Waals surface area contributed by atoms with Gasteiger partial charge in [0.2, 0.25) is 5.91 Å². The van der Waals surface area contributed by atoms with Crippen molar-refractivity contribution in [2.75, 3.05) is 34.9 Å². The zero-order valence-corrected chi connectivity index (χ0v) is 13.1. The van der Waals surface area contributed by atoms with E-state index >= 15 is 0 Å². The number of ether oxygens (including phenoxy) is 2. The van der Waals surface area contributed by atoms with Crippen molar-refractivity contribution in [1.29, 1.82) is 0 Å². The third-order valence-electron chi connectivity index (χ3n) is 2.74. The first-order valence-corrected chi connectivity index (χ1v) is 6.71. The largest absolute Gasteiger partial charge is 0.493 e. The molecule has 0 fully saturated rings. The van der Waals surface area contributed by atoms with E-state index in [1.165, 1.54) is 4.90 Å². The Morgan fingerprint density at radius 3 is 2.65 bits per heavy atom. The van der Waals surface area contributed by atoms with Gasteiger partial charge in [-0.15, -0.1) is 0 Å². The normalized spacial score (nSPS) is 10.2. The molecule has 0 saturated heterocycles. The molecule has 0 aliphatic heterocycles. The van der Waals surface area contributed by atoms with Crippen LogP contribution < -0.4 is 14.8 Å². The Balaban J connectivity index is 2.83. The lowest BCUT2D eigenvalue weighted by atomic mass is 10.2. The van der Waals surface area contributed by atoms with Crippen molar-refractivity contribution in [2.45, 2.75) is 13.0 Å². The minimum absolute atomic E-state index is 0.0214. The number of halogens is 1. The summed E-state index contributed by atoms with van der Waals surface area (Å²) in [5, 5.41) is 3.64. The average molecular weight is 301 g/mol. The second-order valence-corrected chi connectivity index (χ2v) is 4.95. The van der Waals surface area contributed by atoms with E-state index in [1.807, 2.05) is 13.1 Å². The molecule has 5 nitrogen and oxygen atoms in total. The molecule has 0 radical (unpaired) electrons. The number of nitrogens with zero attached hydrogens (tertiary/aromatic N) is 1. The Kier molecular flexibility index (Phi) is 6.61. The van der Waals surface area contributed by atoms with E-state index < -0.39 is 0 Å². The monoisotopic (exact) mass is 300 g/mol. The zero-order chi connectivity index (χ0) is 15.1. The predicted molar refractivity (Wildman–Crippen MR) is 79.6 cm³/mol. The van der Waals surface area contributed by atoms with Crippen LogP contribution in [0.5, 0.6) is 11.5 Å². The number of nitrogens with one attached hydrogen (secondary N) is 1. The highest BCUT2D eigenvalue weighted by atomic mass is 35.5. The molecule has 0 atom stereocenters. The van der Waals surface area contributed by atoms with Crippen molar-refractivity contribution in [1.82, 2.24) is 10.2 Å². The second-order valence-electron chi connectivity index (χ2n) is 4.51. The van der Waals surface area contributed by atoms with Crippen molar-refractivity contribution < 1.29 is 14.3 Å². The minimum Gasteiger partial charge on any atom is -0.493 e. The number of hydrogen-bond donors (Lipinski definition) is 1. The first-order valence-electron chi connectivity index (χ1n) is 6.33. The summed E-state index contributed by atoms with van der Waals surface area (Å²) in [5.41, 5.74) is 0.897. The van der Waals surface area contributed by atoms with Gasteiger partial charge < -0.3 is 19.7 Å². The molecule has 1 amide bonds. The van der Waals surface area contributed by atoms with Crippen LogP contribution in [0.1, 0.15) is 12.0 Å². The van der Waals surface area contributed by atoms with E-state index in [0.29, 0.717) is 36.1 Å². The Morgan fingerprint density at radius 2 is 2.10 bits per heavy atom. The summed E-state index contributed by atoms with van der Waals surface area (Å²) in [6, 6.07) is 3.52. The van der Waals surface area contributed by atoms with Gasteiger partial charge in [-0.1, -0.05) is 11.6 Å². The standard InChI is InChI=1S/C14H21ClN2O3/c1-16-9-10-7-11(15)8-12(19-4)14(10)20-6-5-13(18)17(2)3/h7-8,16H,5-6,9H2,1-4H3. The van der Waals surface area contributed by atoms with Crippen LogP contribution in [0, 0.1) is 0 Å². The quantitative estimate of drug-likeness (QED) is 0.836. The maximum Gasteiger partial charge on any atom is 0.225 e. The van der Waals surface area contributed by atoms with Gasteiger partial charge in [-0.05, 0) is 13.1 Å². The summed E-state index contributed by atoms with van der Waals surface area (Å²) in [7, 11) is 6.84. The summed E-state index contributed by atoms with van der Waals surface area (Å²) >= 11 is 6.04. The van der Waals surface area contributed by atoms with Gasteiger partial charge in [0.25, 0.3) is 0 Å². The van der Waals surface area contributed by atoms with E-state index in [1.54, 1.807) is 27.3 Å². The van der Waals surface area contributed by atoms with Crippen molar-refractivity contribution in [3.05, 3.63) is 22.7 Å². The molecule has 0 aromatic heterocycles. The molecule has 0 aliphatic rings. The van der Waals surface area contributed by atoms with Crippen molar-refractivity contribution in [3.8, 4) is 11.5 Å². The van der Waals surface area contributed by atoms with Gasteiger partial charge in [-0.3, -0.25) is 4.79 Å². The lowest BCUT2D eigenvalue weighted by Gasteiger charge is -2.16. The molecule has 20 heavy (non-hydrogen) atoms. The van der Waals surface area contributed by atoms with Gasteiger partial charge in [0, 0.05) is 37.3 Å². The molecule has 1 aromatic rings. The molecule has 0 saturated carbocycles. The van der Waals surface area contributed by atoms with Gasteiger partial charge >= 0.3 is 0 Å². The fourth-order valence-electron chi connectivity index (χ4n) is 1.72. The third kappa shape index (κ3) is 4.58. The van der Waals surface area contributed by atoms with E-state index in [2.05, 4.69) is 5.32 Å². The highest BCUT2D eigenvalue weighted by Gasteiger charge is 2.13. The average Bonchev–Trinajstić information content (AvgIpc) is 2.40. The van der Waals surface area contributed by atoms with Crippen LogP contribution in [-0.4, -0.2) is 45.7 Å². The number of carbonyl (C=O) groups is 1. The highest BCUT2D eigenvalue weighted by Crippen LogP contribution is 2.34. The highest BCUT2D eigenvalue weighted by molar-refractivity contribution is 6.30.